The maximum absolute atomic E-state index is 14.0. The van der Waals surface area contributed by atoms with E-state index < -0.39 is 22.9 Å². The zero-order valence-electron chi connectivity index (χ0n) is 16.9. The molecule has 2 heterocycles. The largest absolute Gasteiger partial charge is 0.507 e. The Kier molecular flexibility index (Phi) is 5.75. The molecule has 2 aromatic carbocycles. The fourth-order valence-electron chi connectivity index (χ4n) is 4.33. The molecule has 164 valence electrons. The quantitative estimate of drug-likeness (QED) is 0.600. The average molecular weight is 453 g/mol. The lowest BCUT2D eigenvalue weighted by Crippen LogP contribution is -3.14. The average Bonchev–Trinajstić information content (AvgIpc) is 2.71. The summed E-state index contributed by atoms with van der Waals surface area (Å²) >= 11 is 6.11. The van der Waals surface area contributed by atoms with Crippen LogP contribution in [0.15, 0.2) is 45.6 Å². The van der Waals surface area contributed by atoms with Crippen LogP contribution in [0, 0.1) is 0 Å². The second-order valence-corrected chi connectivity index (χ2v) is 8.44. The van der Waals surface area contributed by atoms with Crippen LogP contribution in [0.2, 0.25) is 5.02 Å². The number of likely N-dealkylation sites (tertiary alicyclic amines) is 1. The number of piperidine rings is 1. The van der Waals surface area contributed by atoms with Crippen LogP contribution in [0.25, 0.3) is 22.1 Å². The summed E-state index contributed by atoms with van der Waals surface area (Å²) in [6.07, 6.45) is -1.83. The Morgan fingerprint density at radius 3 is 2.61 bits per heavy atom. The number of phenols is 1. The number of nitrogens with one attached hydrogen (secondary N) is 1. The van der Waals surface area contributed by atoms with E-state index in [4.69, 9.17) is 16.0 Å². The normalized spacial score (nSPS) is 19.6. The highest BCUT2D eigenvalue weighted by atomic mass is 35.5. The van der Waals surface area contributed by atoms with Gasteiger partial charge in [-0.3, -0.25) is 4.79 Å². The molecule has 0 aliphatic carbocycles. The van der Waals surface area contributed by atoms with Gasteiger partial charge in [-0.25, -0.2) is 0 Å². The molecule has 2 atom stereocenters. The molecule has 2 N–H and O–H groups in total. The lowest BCUT2D eigenvalue weighted by atomic mass is 9.99. The van der Waals surface area contributed by atoms with E-state index in [9.17, 15) is 23.1 Å². The smallest absolute Gasteiger partial charge is 0.450 e. The number of halogens is 4. The third-order valence-electron chi connectivity index (χ3n) is 6.03. The first-order valence-corrected chi connectivity index (χ1v) is 10.5. The first-order chi connectivity index (χ1) is 14.7. The second-order valence-electron chi connectivity index (χ2n) is 8.03. The molecule has 1 saturated heterocycles. The Labute approximate surface area is 181 Å². The van der Waals surface area contributed by atoms with Crippen molar-refractivity contribution in [3.63, 3.8) is 0 Å². The van der Waals surface area contributed by atoms with Crippen molar-refractivity contribution in [3.8, 4) is 16.9 Å². The molecular weight excluding hydrogens is 431 g/mol. The summed E-state index contributed by atoms with van der Waals surface area (Å²) in [6, 6.07) is 8.79. The van der Waals surface area contributed by atoms with Gasteiger partial charge in [-0.2, -0.15) is 13.2 Å². The zero-order valence-corrected chi connectivity index (χ0v) is 17.6. The van der Waals surface area contributed by atoms with Gasteiger partial charge in [-0.1, -0.05) is 29.8 Å². The zero-order chi connectivity index (χ0) is 22.3. The molecule has 31 heavy (non-hydrogen) atoms. The summed E-state index contributed by atoms with van der Waals surface area (Å²) in [5.41, 5.74) is -1.50. The Bertz CT molecular complexity index is 1190. The van der Waals surface area contributed by atoms with Crippen molar-refractivity contribution in [2.45, 2.75) is 44.9 Å². The molecule has 1 aliphatic rings. The number of aromatic hydroxyl groups is 1. The number of fused-ring (bicyclic) bond motifs is 1. The standard InChI is InChI=1S/C23H21ClF3NO3/c1-13-6-4-5-11-28(13)12-16-18(29)10-9-15-20(30)19(14-7-2-3-8-17(14)24)22(23(25,26)27)31-21(15)16/h2-3,7-10,13,29H,4-6,11-12H2,1H3/p+1/t13-/m0/s1. The van der Waals surface area contributed by atoms with Gasteiger partial charge in [-0.05, 0) is 44.4 Å². The number of rotatable bonds is 3. The van der Waals surface area contributed by atoms with Crippen molar-refractivity contribution in [1.82, 2.24) is 0 Å². The molecule has 1 aliphatic heterocycles. The molecule has 3 aromatic rings. The van der Waals surface area contributed by atoms with Crippen LogP contribution in [0.4, 0.5) is 13.2 Å². The van der Waals surface area contributed by atoms with Crippen molar-refractivity contribution < 1.29 is 27.6 Å². The molecule has 0 bridgehead atoms. The summed E-state index contributed by atoms with van der Waals surface area (Å²) in [5.74, 6) is -1.59. The number of phenolic OH excluding ortho intramolecular Hbond substituents is 1. The van der Waals surface area contributed by atoms with Crippen molar-refractivity contribution in [2.24, 2.45) is 0 Å². The minimum absolute atomic E-state index is 0.0141. The van der Waals surface area contributed by atoms with Gasteiger partial charge in [0.1, 0.15) is 12.3 Å². The molecule has 1 fully saturated rings. The van der Waals surface area contributed by atoms with Gasteiger partial charge in [-0.15, -0.1) is 0 Å². The predicted molar refractivity (Wildman–Crippen MR) is 112 cm³/mol. The fraction of sp³-hybridized carbons (Fsp3) is 0.348. The van der Waals surface area contributed by atoms with E-state index in [1.807, 2.05) is 0 Å². The number of hydrogen-bond donors (Lipinski definition) is 2. The minimum Gasteiger partial charge on any atom is -0.507 e. The maximum atomic E-state index is 14.0. The summed E-state index contributed by atoms with van der Waals surface area (Å²) in [5, 5.41) is 10.5. The fourth-order valence-corrected chi connectivity index (χ4v) is 4.56. The van der Waals surface area contributed by atoms with Gasteiger partial charge in [0.15, 0.2) is 5.58 Å². The van der Waals surface area contributed by atoms with E-state index in [0.29, 0.717) is 6.04 Å². The molecule has 8 heteroatoms. The van der Waals surface area contributed by atoms with Crippen molar-refractivity contribution in [1.29, 1.82) is 0 Å². The molecular formula is C23H22ClF3NO3+. The SMILES string of the molecule is C[C@H]1CCCC[NH+]1Cc1c(O)ccc2c(=O)c(-c3ccccc3Cl)c(C(F)(F)F)oc12. The Hall–Kier alpha value is -2.51. The van der Waals surface area contributed by atoms with Crippen LogP contribution in [0.1, 0.15) is 37.5 Å². The highest BCUT2D eigenvalue weighted by Crippen LogP contribution is 2.40. The number of hydrogen-bond acceptors (Lipinski definition) is 3. The van der Waals surface area contributed by atoms with Gasteiger partial charge < -0.3 is 14.4 Å². The highest BCUT2D eigenvalue weighted by Gasteiger charge is 2.40. The van der Waals surface area contributed by atoms with Gasteiger partial charge in [0, 0.05) is 10.6 Å². The van der Waals surface area contributed by atoms with Crippen LogP contribution < -0.4 is 10.3 Å². The molecule has 0 radical (unpaired) electrons. The molecule has 0 spiro atoms. The molecule has 4 nitrogen and oxygen atoms in total. The van der Waals surface area contributed by atoms with Crippen LogP contribution in [-0.2, 0) is 12.7 Å². The second kappa shape index (κ2) is 8.20. The van der Waals surface area contributed by atoms with E-state index in [1.165, 1.54) is 30.3 Å². The first kappa shape index (κ1) is 21.7. The molecule has 0 saturated carbocycles. The lowest BCUT2D eigenvalue weighted by molar-refractivity contribution is -0.941. The Morgan fingerprint density at radius 1 is 1.19 bits per heavy atom. The van der Waals surface area contributed by atoms with Gasteiger partial charge in [0.25, 0.3) is 0 Å². The summed E-state index contributed by atoms with van der Waals surface area (Å²) in [7, 11) is 0. The third kappa shape index (κ3) is 4.04. The molecule has 1 aromatic heterocycles. The number of alkyl halides is 3. The van der Waals surface area contributed by atoms with E-state index >= 15 is 0 Å². The number of benzene rings is 2. The van der Waals surface area contributed by atoms with Gasteiger partial charge in [0.2, 0.25) is 11.2 Å². The van der Waals surface area contributed by atoms with Crippen molar-refractivity contribution in [3.05, 3.63) is 63.0 Å². The van der Waals surface area contributed by atoms with Crippen molar-refractivity contribution in [2.75, 3.05) is 6.54 Å². The van der Waals surface area contributed by atoms with Crippen LogP contribution in [-0.4, -0.2) is 17.7 Å². The monoisotopic (exact) mass is 452 g/mol. The van der Waals surface area contributed by atoms with E-state index in [0.717, 1.165) is 30.7 Å². The first-order valence-electron chi connectivity index (χ1n) is 10.2. The van der Waals surface area contributed by atoms with Crippen LogP contribution in [0.5, 0.6) is 5.75 Å². The van der Waals surface area contributed by atoms with E-state index in [1.54, 1.807) is 6.07 Å². The topological polar surface area (TPSA) is 54.9 Å². The van der Waals surface area contributed by atoms with Gasteiger partial charge >= 0.3 is 6.18 Å². The molecule has 4 rings (SSSR count). The third-order valence-corrected chi connectivity index (χ3v) is 6.35. The van der Waals surface area contributed by atoms with Crippen molar-refractivity contribution >= 4 is 22.6 Å². The highest BCUT2D eigenvalue weighted by molar-refractivity contribution is 6.33. The Balaban J connectivity index is 1.99. The summed E-state index contributed by atoms with van der Waals surface area (Å²) < 4.78 is 47.3. The summed E-state index contributed by atoms with van der Waals surface area (Å²) in [4.78, 5) is 14.4. The Morgan fingerprint density at radius 2 is 1.94 bits per heavy atom. The molecule has 1 unspecified atom stereocenters. The molecule has 0 amide bonds. The number of quaternary nitrogens is 1. The van der Waals surface area contributed by atoms with Gasteiger partial charge in [0.05, 0.1) is 29.1 Å². The van der Waals surface area contributed by atoms with Crippen LogP contribution >= 0.6 is 11.6 Å². The maximum Gasteiger partial charge on any atom is 0.450 e. The predicted octanol–water partition coefficient (Wildman–Crippen LogP) is 4.80. The minimum atomic E-state index is -4.92. The van der Waals surface area contributed by atoms with E-state index in [2.05, 4.69) is 6.92 Å². The van der Waals surface area contributed by atoms with Crippen LogP contribution in [0.3, 0.4) is 0 Å². The summed E-state index contributed by atoms with van der Waals surface area (Å²) in [6.45, 7) is 3.19. The van der Waals surface area contributed by atoms with E-state index in [-0.39, 0.29) is 39.4 Å². The lowest BCUT2D eigenvalue weighted by Gasteiger charge is -2.30.